The van der Waals surface area contributed by atoms with Gasteiger partial charge in [-0.3, -0.25) is 0 Å². The molecule has 2 heterocycles. The Bertz CT molecular complexity index is 371. The minimum absolute atomic E-state index is 0.0517. The van der Waals surface area contributed by atoms with E-state index in [0.717, 1.165) is 19.3 Å². The molecule has 0 aromatic carbocycles. The highest BCUT2D eigenvalue weighted by Gasteiger charge is 2.23. The molecule has 1 aromatic heterocycles. The lowest BCUT2D eigenvalue weighted by Crippen LogP contribution is -2.11. The summed E-state index contributed by atoms with van der Waals surface area (Å²) in [6.07, 6.45) is 2.97. The summed E-state index contributed by atoms with van der Waals surface area (Å²) in [5.74, 6) is -1.08. The van der Waals surface area contributed by atoms with Crippen molar-refractivity contribution in [1.29, 1.82) is 0 Å². The predicted octanol–water partition coefficient (Wildman–Crippen LogP) is 1.67. The molecular weight excluding hydrogens is 216 g/mol. The lowest BCUT2D eigenvalue weighted by molar-refractivity contribution is 0.0147. The molecule has 5 nitrogen and oxygen atoms in total. The molecule has 0 saturated carbocycles. The van der Waals surface area contributed by atoms with Gasteiger partial charge in [-0.2, -0.15) is 0 Å². The van der Waals surface area contributed by atoms with Gasteiger partial charge in [-0.25, -0.2) is 9.78 Å². The highest BCUT2D eigenvalue weighted by molar-refractivity contribution is 7.16. The lowest BCUT2D eigenvalue weighted by Gasteiger charge is -2.20. The molecule has 1 unspecified atom stereocenters. The number of ether oxygens (including phenoxy) is 1. The number of carboxylic acids is 1. The zero-order chi connectivity index (χ0) is 10.8. The van der Waals surface area contributed by atoms with Gasteiger partial charge in [0, 0.05) is 6.61 Å². The van der Waals surface area contributed by atoms with Gasteiger partial charge in [0.15, 0.2) is 5.69 Å². The molecule has 2 rings (SSSR count). The van der Waals surface area contributed by atoms with Crippen LogP contribution in [0.5, 0.6) is 0 Å². The quantitative estimate of drug-likeness (QED) is 0.804. The van der Waals surface area contributed by atoms with E-state index in [4.69, 9.17) is 15.6 Å². The maximum absolute atomic E-state index is 10.7. The first kappa shape index (κ1) is 10.4. The Morgan fingerprint density at radius 2 is 2.40 bits per heavy atom. The van der Waals surface area contributed by atoms with Crippen LogP contribution in [-0.2, 0) is 4.74 Å². The Morgan fingerprint density at radius 3 is 2.93 bits per heavy atom. The third-order valence-electron chi connectivity index (χ3n) is 2.33. The number of thiazole rings is 1. The second-order valence-corrected chi connectivity index (χ2v) is 4.49. The van der Waals surface area contributed by atoms with E-state index in [0.29, 0.717) is 11.6 Å². The van der Waals surface area contributed by atoms with Crippen molar-refractivity contribution < 1.29 is 14.6 Å². The standard InChI is InChI=1S/C9H12N2O3S/c10-7-6(9(12)13)11-8(15-7)5-3-1-2-4-14-5/h5H,1-4,10H2,(H,12,13). The maximum atomic E-state index is 10.7. The molecular formula is C9H12N2O3S. The molecule has 1 aliphatic rings. The third-order valence-corrected chi connectivity index (χ3v) is 3.30. The SMILES string of the molecule is Nc1sc(C2CCCCO2)nc1C(=O)O. The molecule has 1 saturated heterocycles. The molecule has 1 aromatic rings. The second kappa shape index (κ2) is 4.16. The normalized spacial score (nSPS) is 21.5. The third kappa shape index (κ3) is 2.10. The van der Waals surface area contributed by atoms with Crippen molar-refractivity contribution in [2.75, 3.05) is 12.3 Å². The molecule has 1 fully saturated rings. The highest BCUT2D eigenvalue weighted by atomic mass is 32.1. The van der Waals surface area contributed by atoms with E-state index >= 15 is 0 Å². The van der Waals surface area contributed by atoms with Crippen LogP contribution in [0.1, 0.15) is 40.9 Å². The molecule has 6 heteroatoms. The van der Waals surface area contributed by atoms with Crippen molar-refractivity contribution in [3.63, 3.8) is 0 Å². The summed E-state index contributed by atoms with van der Waals surface area (Å²) in [5.41, 5.74) is 5.52. The molecule has 0 spiro atoms. The Kier molecular flexibility index (Phi) is 2.88. The van der Waals surface area contributed by atoms with Crippen molar-refractivity contribution in [1.82, 2.24) is 4.98 Å². The van der Waals surface area contributed by atoms with Gasteiger partial charge in [0.1, 0.15) is 16.1 Å². The number of carboxylic acid groups (broad SMARTS) is 1. The van der Waals surface area contributed by atoms with Gasteiger partial charge in [-0.15, -0.1) is 0 Å². The Balaban J connectivity index is 2.21. The van der Waals surface area contributed by atoms with E-state index in [1.807, 2.05) is 0 Å². The number of aromatic nitrogens is 1. The highest BCUT2D eigenvalue weighted by Crippen LogP contribution is 2.33. The minimum atomic E-state index is -1.08. The van der Waals surface area contributed by atoms with Crippen molar-refractivity contribution in [2.24, 2.45) is 0 Å². The molecule has 3 N–H and O–H groups in total. The van der Waals surface area contributed by atoms with Gasteiger partial charge in [-0.1, -0.05) is 11.3 Å². The first-order valence-electron chi connectivity index (χ1n) is 4.79. The molecule has 0 amide bonds. The molecule has 0 radical (unpaired) electrons. The molecule has 1 aliphatic heterocycles. The number of carbonyl (C=O) groups is 1. The monoisotopic (exact) mass is 228 g/mol. The first-order chi connectivity index (χ1) is 7.18. The number of aromatic carboxylic acids is 1. The summed E-state index contributed by atoms with van der Waals surface area (Å²) in [4.78, 5) is 14.7. The molecule has 0 aliphatic carbocycles. The van der Waals surface area contributed by atoms with Crippen LogP contribution in [0.15, 0.2) is 0 Å². The van der Waals surface area contributed by atoms with Crippen LogP contribution < -0.4 is 5.73 Å². The second-order valence-electron chi connectivity index (χ2n) is 3.43. The van der Waals surface area contributed by atoms with Gasteiger partial charge in [0.2, 0.25) is 0 Å². The smallest absolute Gasteiger partial charge is 0.357 e. The zero-order valence-corrected chi connectivity index (χ0v) is 8.92. The lowest BCUT2D eigenvalue weighted by atomic mass is 10.1. The fourth-order valence-corrected chi connectivity index (χ4v) is 2.48. The summed E-state index contributed by atoms with van der Waals surface area (Å²) < 4.78 is 5.51. The van der Waals surface area contributed by atoms with Crippen LogP contribution in [0, 0.1) is 0 Å². The van der Waals surface area contributed by atoms with Crippen LogP contribution in [0.2, 0.25) is 0 Å². The molecule has 82 valence electrons. The average Bonchev–Trinajstić information content (AvgIpc) is 2.62. The van der Waals surface area contributed by atoms with Crippen LogP contribution in [0.3, 0.4) is 0 Å². The number of anilines is 1. The summed E-state index contributed by atoms with van der Waals surface area (Å²) >= 11 is 1.21. The molecule has 15 heavy (non-hydrogen) atoms. The van der Waals surface area contributed by atoms with E-state index in [2.05, 4.69) is 4.98 Å². The Morgan fingerprint density at radius 1 is 1.60 bits per heavy atom. The van der Waals surface area contributed by atoms with Gasteiger partial charge in [0.05, 0.1) is 0 Å². The van der Waals surface area contributed by atoms with Crippen molar-refractivity contribution in [2.45, 2.75) is 25.4 Å². The topological polar surface area (TPSA) is 85.4 Å². The van der Waals surface area contributed by atoms with E-state index < -0.39 is 5.97 Å². The summed E-state index contributed by atoms with van der Waals surface area (Å²) in [6.45, 7) is 0.715. The number of nitrogens with two attached hydrogens (primary N) is 1. The van der Waals surface area contributed by atoms with Crippen LogP contribution >= 0.6 is 11.3 Å². The van der Waals surface area contributed by atoms with Crippen LogP contribution in [0.25, 0.3) is 0 Å². The van der Waals surface area contributed by atoms with Gasteiger partial charge < -0.3 is 15.6 Å². The van der Waals surface area contributed by atoms with Crippen LogP contribution in [0.4, 0.5) is 5.00 Å². The maximum Gasteiger partial charge on any atom is 0.357 e. The summed E-state index contributed by atoms with van der Waals surface area (Å²) in [7, 11) is 0. The van der Waals surface area contributed by atoms with Crippen molar-refractivity contribution in [3.05, 3.63) is 10.7 Å². The van der Waals surface area contributed by atoms with E-state index in [-0.39, 0.29) is 16.8 Å². The fraction of sp³-hybridized carbons (Fsp3) is 0.556. The zero-order valence-electron chi connectivity index (χ0n) is 8.10. The minimum Gasteiger partial charge on any atom is -0.476 e. The summed E-state index contributed by atoms with van der Waals surface area (Å²) in [5, 5.41) is 9.74. The number of hydrogen-bond acceptors (Lipinski definition) is 5. The first-order valence-corrected chi connectivity index (χ1v) is 5.61. The van der Waals surface area contributed by atoms with Crippen LogP contribution in [-0.4, -0.2) is 22.7 Å². The number of nitrogens with zero attached hydrogens (tertiary/aromatic N) is 1. The van der Waals surface area contributed by atoms with E-state index in [1.54, 1.807) is 0 Å². The Hall–Kier alpha value is -1.14. The van der Waals surface area contributed by atoms with Gasteiger partial charge in [0.25, 0.3) is 0 Å². The van der Waals surface area contributed by atoms with Crippen molar-refractivity contribution in [3.8, 4) is 0 Å². The number of rotatable bonds is 2. The Labute approximate surface area is 90.9 Å². The number of hydrogen-bond donors (Lipinski definition) is 2. The number of nitrogen functional groups attached to an aromatic ring is 1. The average molecular weight is 228 g/mol. The molecule has 1 atom stereocenters. The largest absolute Gasteiger partial charge is 0.476 e. The van der Waals surface area contributed by atoms with Gasteiger partial charge >= 0.3 is 5.97 Å². The van der Waals surface area contributed by atoms with E-state index in [1.165, 1.54) is 11.3 Å². The predicted molar refractivity (Wildman–Crippen MR) is 56.0 cm³/mol. The summed E-state index contributed by atoms with van der Waals surface area (Å²) in [6, 6.07) is 0. The fourth-order valence-electron chi connectivity index (χ4n) is 1.58. The van der Waals surface area contributed by atoms with Crippen molar-refractivity contribution >= 4 is 22.3 Å². The van der Waals surface area contributed by atoms with Gasteiger partial charge in [-0.05, 0) is 19.3 Å². The van der Waals surface area contributed by atoms with E-state index in [9.17, 15) is 4.79 Å². The molecule has 0 bridgehead atoms.